The Labute approximate surface area is 108 Å². The van der Waals surface area contributed by atoms with E-state index in [4.69, 9.17) is 5.11 Å². The van der Waals surface area contributed by atoms with E-state index in [9.17, 15) is 4.79 Å². The van der Waals surface area contributed by atoms with E-state index in [1.165, 1.54) is 5.56 Å². The van der Waals surface area contributed by atoms with Crippen LogP contribution in [0.25, 0.3) is 0 Å². The van der Waals surface area contributed by atoms with Gasteiger partial charge in [0.1, 0.15) is 0 Å². The van der Waals surface area contributed by atoms with Crippen molar-refractivity contribution in [2.75, 3.05) is 26.2 Å². The topological polar surface area (TPSA) is 40.5 Å². The smallest absolute Gasteiger partial charge is 0.177 e. The Hall–Kier alpha value is -1.19. The maximum absolute atomic E-state index is 12.2. The molecule has 1 N–H and O–H groups in total. The molecule has 1 aromatic carbocycles. The molecular formula is C15H21NO2. The van der Waals surface area contributed by atoms with E-state index in [0.29, 0.717) is 12.5 Å². The molecule has 0 bridgehead atoms. The quantitative estimate of drug-likeness (QED) is 0.825. The average Bonchev–Trinajstić information content (AvgIpc) is 2.76. The van der Waals surface area contributed by atoms with Crippen LogP contribution in [0.1, 0.15) is 27.9 Å². The van der Waals surface area contributed by atoms with Crippen LogP contribution in [0.5, 0.6) is 0 Å². The maximum Gasteiger partial charge on any atom is 0.177 e. The second-order valence-electron chi connectivity index (χ2n) is 5.31. The summed E-state index contributed by atoms with van der Waals surface area (Å²) in [6.07, 6.45) is 0.997. The van der Waals surface area contributed by atoms with Gasteiger partial charge in [-0.2, -0.15) is 0 Å². The van der Waals surface area contributed by atoms with Crippen LogP contribution in [0, 0.1) is 19.8 Å². The van der Waals surface area contributed by atoms with Gasteiger partial charge in [0.25, 0.3) is 0 Å². The highest BCUT2D eigenvalue weighted by Crippen LogP contribution is 2.17. The lowest BCUT2D eigenvalue weighted by atomic mass is 10.0. The van der Waals surface area contributed by atoms with Gasteiger partial charge in [0.2, 0.25) is 0 Å². The normalized spacial score (nSPS) is 20.3. The first-order valence-corrected chi connectivity index (χ1v) is 6.54. The van der Waals surface area contributed by atoms with Crippen LogP contribution in [-0.4, -0.2) is 42.0 Å². The summed E-state index contributed by atoms with van der Waals surface area (Å²) in [5, 5.41) is 9.10. The SMILES string of the molecule is Cc1ccc(C(=O)CN2CCC(CO)C2)c(C)c1. The Bertz CT molecular complexity index is 442. The molecule has 3 heteroatoms. The number of aliphatic hydroxyl groups is 1. The van der Waals surface area contributed by atoms with Crippen LogP contribution in [0.4, 0.5) is 0 Å². The molecule has 1 unspecified atom stereocenters. The third-order valence-electron chi connectivity index (χ3n) is 3.68. The Morgan fingerprint density at radius 3 is 2.83 bits per heavy atom. The zero-order valence-electron chi connectivity index (χ0n) is 11.1. The Kier molecular flexibility index (Phi) is 4.15. The molecule has 1 atom stereocenters. The zero-order valence-corrected chi connectivity index (χ0v) is 11.1. The van der Waals surface area contributed by atoms with Crippen molar-refractivity contribution in [2.24, 2.45) is 5.92 Å². The first-order valence-electron chi connectivity index (χ1n) is 6.54. The molecule has 0 aromatic heterocycles. The van der Waals surface area contributed by atoms with Gasteiger partial charge < -0.3 is 5.11 Å². The summed E-state index contributed by atoms with van der Waals surface area (Å²) in [6, 6.07) is 5.96. The fourth-order valence-corrected chi connectivity index (χ4v) is 2.62. The molecule has 1 saturated heterocycles. The monoisotopic (exact) mass is 247 g/mol. The largest absolute Gasteiger partial charge is 0.396 e. The van der Waals surface area contributed by atoms with Crippen LogP contribution in [0.2, 0.25) is 0 Å². The number of hydrogen-bond acceptors (Lipinski definition) is 3. The maximum atomic E-state index is 12.2. The predicted molar refractivity (Wildman–Crippen MR) is 71.9 cm³/mol. The second kappa shape index (κ2) is 5.63. The fraction of sp³-hybridized carbons (Fsp3) is 0.533. The second-order valence-corrected chi connectivity index (χ2v) is 5.31. The van der Waals surface area contributed by atoms with Crippen molar-refractivity contribution < 1.29 is 9.90 Å². The number of hydrogen-bond donors (Lipinski definition) is 1. The molecule has 3 nitrogen and oxygen atoms in total. The van der Waals surface area contributed by atoms with E-state index in [-0.39, 0.29) is 12.4 Å². The summed E-state index contributed by atoms with van der Waals surface area (Å²) >= 11 is 0. The minimum absolute atomic E-state index is 0.186. The van der Waals surface area contributed by atoms with Crippen molar-refractivity contribution in [2.45, 2.75) is 20.3 Å². The number of aryl methyl sites for hydroxylation is 2. The van der Waals surface area contributed by atoms with Crippen LogP contribution < -0.4 is 0 Å². The molecule has 18 heavy (non-hydrogen) atoms. The summed E-state index contributed by atoms with van der Waals surface area (Å²) in [5.41, 5.74) is 3.07. The number of aliphatic hydroxyl groups excluding tert-OH is 1. The summed E-state index contributed by atoms with van der Waals surface area (Å²) in [4.78, 5) is 14.4. The van der Waals surface area contributed by atoms with Gasteiger partial charge in [-0.25, -0.2) is 0 Å². The molecule has 0 amide bonds. The van der Waals surface area contributed by atoms with Gasteiger partial charge in [-0.1, -0.05) is 23.8 Å². The molecular weight excluding hydrogens is 226 g/mol. The minimum atomic E-state index is 0.186. The Morgan fingerprint density at radius 2 is 2.22 bits per heavy atom. The number of ketones is 1. The molecule has 98 valence electrons. The average molecular weight is 247 g/mol. The third-order valence-corrected chi connectivity index (χ3v) is 3.68. The van der Waals surface area contributed by atoms with Gasteiger partial charge in [-0.15, -0.1) is 0 Å². The van der Waals surface area contributed by atoms with E-state index in [1.807, 2.05) is 32.0 Å². The summed E-state index contributed by atoms with van der Waals surface area (Å²) in [6.45, 7) is 6.48. The van der Waals surface area contributed by atoms with Crippen molar-refractivity contribution in [3.63, 3.8) is 0 Å². The van der Waals surface area contributed by atoms with Gasteiger partial charge in [-0.3, -0.25) is 9.69 Å². The highest BCUT2D eigenvalue weighted by molar-refractivity contribution is 5.99. The van der Waals surface area contributed by atoms with E-state index >= 15 is 0 Å². The van der Waals surface area contributed by atoms with Crippen LogP contribution in [-0.2, 0) is 0 Å². The van der Waals surface area contributed by atoms with Gasteiger partial charge in [0.05, 0.1) is 6.54 Å². The van der Waals surface area contributed by atoms with Crippen molar-refractivity contribution in [3.8, 4) is 0 Å². The van der Waals surface area contributed by atoms with Gasteiger partial charge in [0.15, 0.2) is 5.78 Å². The van der Waals surface area contributed by atoms with Crippen LogP contribution >= 0.6 is 0 Å². The molecule has 0 saturated carbocycles. The first-order chi connectivity index (χ1) is 8.60. The molecule has 1 aliphatic heterocycles. The third kappa shape index (κ3) is 2.98. The van der Waals surface area contributed by atoms with Gasteiger partial charge in [-0.05, 0) is 38.3 Å². The van der Waals surface area contributed by atoms with Gasteiger partial charge >= 0.3 is 0 Å². The summed E-state index contributed by atoms with van der Waals surface area (Å²) in [5.74, 6) is 0.531. The van der Waals surface area contributed by atoms with E-state index < -0.39 is 0 Å². The van der Waals surface area contributed by atoms with Crippen molar-refractivity contribution in [1.29, 1.82) is 0 Å². The summed E-state index contributed by atoms with van der Waals surface area (Å²) in [7, 11) is 0. The molecule has 0 aliphatic carbocycles. The minimum Gasteiger partial charge on any atom is -0.396 e. The molecule has 1 aromatic rings. The van der Waals surface area contributed by atoms with Crippen molar-refractivity contribution >= 4 is 5.78 Å². The van der Waals surface area contributed by atoms with Gasteiger partial charge in [0, 0.05) is 18.7 Å². The summed E-state index contributed by atoms with van der Waals surface area (Å²) < 4.78 is 0. The first kappa shape index (κ1) is 13.2. The fourth-order valence-electron chi connectivity index (χ4n) is 2.62. The van der Waals surface area contributed by atoms with Crippen LogP contribution in [0.3, 0.4) is 0 Å². The highest BCUT2D eigenvalue weighted by atomic mass is 16.3. The predicted octanol–water partition coefficient (Wildman–Crippen LogP) is 1.80. The molecule has 2 rings (SSSR count). The number of likely N-dealkylation sites (tertiary alicyclic amines) is 1. The number of Topliss-reactive ketones (excluding diaryl/α,β-unsaturated/α-hetero) is 1. The van der Waals surface area contributed by atoms with E-state index in [1.54, 1.807) is 0 Å². The Balaban J connectivity index is 2.00. The zero-order chi connectivity index (χ0) is 13.1. The number of nitrogens with zero attached hydrogens (tertiary/aromatic N) is 1. The molecule has 1 aliphatic rings. The molecule has 0 spiro atoms. The number of rotatable bonds is 4. The number of carbonyl (C=O) groups excluding carboxylic acids is 1. The Morgan fingerprint density at radius 1 is 1.44 bits per heavy atom. The van der Waals surface area contributed by atoms with E-state index in [2.05, 4.69) is 4.90 Å². The number of benzene rings is 1. The lowest BCUT2D eigenvalue weighted by Gasteiger charge is -2.15. The van der Waals surface area contributed by atoms with E-state index in [0.717, 1.165) is 30.6 Å². The number of carbonyl (C=O) groups is 1. The molecule has 1 heterocycles. The van der Waals surface area contributed by atoms with Crippen molar-refractivity contribution in [1.82, 2.24) is 4.90 Å². The lowest BCUT2D eigenvalue weighted by Crippen LogP contribution is -2.28. The standard InChI is InChI=1S/C15H21NO2/c1-11-3-4-14(12(2)7-11)15(18)9-16-6-5-13(8-16)10-17/h3-4,7,13,17H,5-6,8-10H2,1-2H3. The molecule has 0 radical (unpaired) electrons. The van der Waals surface area contributed by atoms with Crippen LogP contribution in [0.15, 0.2) is 18.2 Å². The molecule has 1 fully saturated rings. The highest BCUT2D eigenvalue weighted by Gasteiger charge is 2.24. The van der Waals surface area contributed by atoms with Crippen molar-refractivity contribution in [3.05, 3.63) is 34.9 Å². The lowest BCUT2D eigenvalue weighted by molar-refractivity contribution is 0.0939.